The van der Waals surface area contributed by atoms with E-state index in [4.69, 9.17) is 30.9 Å². The number of aromatic nitrogens is 1. The number of rotatable bonds is 15. The van der Waals surface area contributed by atoms with Crippen molar-refractivity contribution in [1.29, 1.82) is 0 Å². The topological polar surface area (TPSA) is 131 Å². The van der Waals surface area contributed by atoms with Crippen molar-refractivity contribution in [2.75, 3.05) is 30.9 Å². The molecule has 3 heterocycles. The number of hydrogen-bond donors (Lipinski definition) is 2. The summed E-state index contributed by atoms with van der Waals surface area (Å²) in [4.78, 5) is 51.6. The zero-order valence-electron chi connectivity index (χ0n) is 29.9. The first-order valence-electron chi connectivity index (χ1n) is 17.4. The van der Waals surface area contributed by atoms with Crippen LogP contribution in [0.25, 0.3) is 0 Å². The number of anilines is 1. The monoisotopic (exact) mass is 811 g/mol. The van der Waals surface area contributed by atoms with Gasteiger partial charge in [0.1, 0.15) is 40.7 Å². The number of halogens is 2. The molecule has 2 atom stereocenters. The Labute approximate surface area is 335 Å². The molecule has 2 aliphatic heterocycles. The molecule has 0 unspecified atom stereocenters. The number of amides is 2. The van der Waals surface area contributed by atoms with E-state index in [-0.39, 0.29) is 29.6 Å². The molecular formula is C41H35ClFN5O6S2. The molecule has 0 saturated carbocycles. The zero-order valence-corrected chi connectivity index (χ0v) is 32.3. The van der Waals surface area contributed by atoms with Crippen molar-refractivity contribution in [2.45, 2.75) is 23.6 Å². The van der Waals surface area contributed by atoms with Gasteiger partial charge in [0.15, 0.2) is 10.8 Å². The Morgan fingerprint density at radius 1 is 0.946 bits per heavy atom. The average Bonchev–Trinajstić information content (AvgIpc) is 3.72. The van der Waals surface area contributed by atoms with E-state index in [0.29, 0.717) is 22.2 Å². The molecule has 1 aromatic heterocycles. The number of alkyl halides is 2. The third-order valence-electron chi connectivity index (χ3n) is 9.30. The molecule has 5 aromatic rings. The fraction of sp³-hybridized carbons (Fsp3) is 0.195. The van der Waals surface area contributed by atoms with Gasteiger partial charge in [0, 0.05) is 17.0 Å². The summed E-state index contributed by atoms with van der Waals surface area (Å²) in [5, 5.41) is 11.5. The number of fused-ring (bicyclic) bond motifs is 1. The van der Waals surface area contributed by atoms with Gasteiger partial charge in [-0.25, -0.2) is 14.2 Å². The predicted molar refractivity (Wildman–Crippen MR) is 214 cm³/mol. The van der Waals surface area contributed by atoms with E-state index in [2.05, 4.69) is 15.8 Å². The maximum Gasteiger partial charge on any atom is 0.355 e. The van der Waals surface area contributed by atoms with Gasteiger partial charge in [-0.15, -0.1) is 34.7 Å². The number of ether oxygens (including phenoxy) is 2. The lowest BCUT2D eigenvalue weighted by molar-refractivity contribution is -0.153. The van der Waals surface area contributed by atoms with E-state index >= 15 is 0 Å². The van der Waals surface area contributed by atoms with Crippen molar-refractivity contribution in [1.82, 2.24) is 15.2 Å². The number of nitrogens with zero attached hydrogens (tertiary/aromatic N) is 3. The molecule has 0 spiro atoms. The van der Waals surface area contributed by atoms with Crippen LogP contribution in [-0.4, -0.2) is 70.4 Å². The predicted octanol–water partition coefficient (Wildman–Crippen LogP) is 6.84. The number of hydrogen-bond acceptors (Lipinski definition) is 11. The van der Waals surface area contributed by atoms with Crippen LogP contribution in [0.1, 0.15) is 27.9 Å². The van der Waals surface area contributed by atoms with Crippen LogP contribution >= 0.6 is 34.7 Å². The quantitative estimate of drug-likeness (QED) is 0.0292. The Bertz CT molecular complexity index is 2150. The van der Waals surface area contributed by atoms with Gasteiger partial charge < -0.3 is 24.9 Å². The molecule has 2 amide bonds. The van der Waals surface area contributed by atoms with Crippen LogP contribution in [0.15, 0.2) is 137 Å². The Balaban J connectivity index is 1.11. The van der Waals surface area contributed by atoms with E-state index in [1.165, 1.54) is 28.0 Å². The average molecular weight is 812 g/mol. The maximum atomic E-state index is 13.9. The van der Waals surface area contributed by atoms with Gasteiger partial charge in [-0.3, -0.25) is 14.5 Å². The molecule has 0 aliphatic carbocycles. The first kappa shape index (κ1) is 38.6. The Hall–Kier alpha value is -5.70. The molecule has 2 aliphatic rings. The second-order valence-electron chi connectivity index (χ2n) is 12.6. The van der Waals surface area contributed by atoms with Crippen LogP contribution in [0.3, 0.4) is 0 Å². The summed E-state index contributed by atoms with van der Waals surface area (Å²) < 4.78 is 24.1. The largest absolute Gasteiger partial charge is 0.497 e. The standard InChI is InChI=1S/C41H35ClFN5O6S2/c1-52-31-19-17-26(18-20-31)22-53-39(51)35-27(21-42)23-55-38-34(37(50)48(35)38)45-36(49)33(47-54-25-43)32-24-56-40(44-32)46-41(28-11-5-2-6-12-28,29-13-7-3-8-14-29)30-15-9-4-10-16-30/h2-20,24,34,38H,21-23,25H2,1H3,(H,44,46)(H,45,49)/b47-33-/t34-,38-/m1/s1. The van der Waals surface area contributed by atoms with Crippen molar-refractivity contribution in [3.8, 4) is 5.75 Å². The van der Waals surface area contributed by atoms with Crippen molar-refractivity contribution in [3.05, 3.63) is 160 Å². The molecule has 56 heavy (non-hydrogen) atoms. The number of oxime groups is 1. The highest BCUT2D eigenvalue weighted by molar-refractivity contribution is 8.00. The summed E-state index contributed by atoms with van der Waals surface area (Å²) >= 11 is 8.77. The third-order valence-corrected chi connectivity index (χ3v) is 11.7. The minimum absolute atomic E-state index is 0.00513. The van der Waals surface area contributed by atoms with E-state index in [0.717, 1.165) is 22.3 Å². The van der Waals surface area contributed by atoms with Crippen LogP contribution in [0.5, 0.6) is 5.75 Å². The van der Waals surface area contributed by atoms with Gasteiger partial charge in [-0.05, 0) is 40.0 Å². The number of carbonyl (C=O) groups excluding carboxylic acids is 3. The summed E-state index contributed by atoms with van der Waals surface area (Å²) in [6, 6.07) is 35.7. The molecule has 7 rings (SSSR count). The fourth-order valence-corrected chi connectivity index (χ4v) is 9.03. The normalized spacial score (nSPS) is 16.7. The number of benzene rings is 4. The lowest BCUT2D eigenvalue weighted by Crippen LogP contribution is -2.71. The summed E-state index contributed by atoms with van der Waals surface area (Å²) in [5.41, 5.74) is 2.98. The Kier molecular flexibility index (Phi) is 12.0. The highest BCUT2D eigenvalue weighted by atomic mass is 35.5. The molecule has 2 N–H and O–H groups in total. The molecule has 1 saturated heterocycles. The second kappa shape index (κ2) is 17.4. The Morgan fingerprint density at radius 3 is 2.11 bits per heavy atom. The second-order valence-corrected chi connectivity index (χ2v) is 14.8. The lowest BCUT2D eigenvalue weighted by atomic mass is 9.77. The molecule has 4 aromatic carbocycles. The molecule has 1 fully saturated rings. The Morgan fingerprint density at radius 2 is 1.55 bits per heavy atom. The molecule has 286 valence electrons. The van der Waals surface area contributed by atoms with E-state index in [1.54, 1.807) is 36.8 Å². The highest BCUT2D eigenvalue weighted by Gasteiger charge is 2.54. The van der Waals surface area contributed by atoms with E-state index < -0.39 is 41.6 Å². The number of methoxy groups -OCH3 is 1. The van der Waals surface area contributed by atoms with Gasteiger partial charge in [0.05, 0.1) is 7.11 Å². The molecular weight excluding hydrogens is 777 g/mol. The van der Waals surface area contributed by atoms with Crippen molar-refractivity contribution in [2.24, 2.45) is 5.16 Å². The van der Waals surface area contributed by atoms with Crippen LogP contribution < -0.4 is 15.4 Å². The van der Waals surface area contributed by atoms with Crippen molar-refractivity contribution in [3.63, 3.8) is 0 Å². The van der Waals surface area contributed by atoms with E-state index in [1.807, 2.05) is 91.0 Å². The summed E-state index contributed by atoms with van der Waals surface area (Å²) in [6.07, 6.45) is 0. The van der Waals surface area contributed by atoms with Gasteiger partial charge in [0.25, 0.3) is 18.7 Å². The van der Waals surface area contributed by atoms with E-state index in [9.17, 15) is 18.8 Å². The number of carbonyl (C=O) groups is 3. The summed E-state index contributed by atoms with van der Waals surface area (Å²) in [5.74, 6) is -1.07. The van der Waals surface area contributed by atoms with Crippen molar-refractivity contribution < 1.29 is 33.1 Å². The minimum Gasteiger partial charge on any atom is -0.497 e. The van der Waals surface area contributed by atoms with Crippen LogP contribution in [0.2, 0.25) is 0 Å². The third kappa shape index (κ3) is 7.72. The number of thioether (sulfide) groups is 1. The summed E-state index contributed by atoms with van der Waals surface area (Å²) in [7, 11) is 1.56. The molecule has 0 bridgehead atoms. The van der Waals surface area contributed by atoms with Gasteiger partial charge in [-0.2, -0.15) is 0 Å². The summed E-state index contributed by atoms with van der Waals surface area (Å²) in [6.45, 7) is -1.34. The van der Waals surface area contributed by atoms with Crippen LogP contribution in [0, 0.1) is 0 Å². The number of thiazole rings is 1. The van der Waals surface area contributed by atoms with Crippen molar-refractivity contribution >= 4 is 63.3 Å². The number of esters is 1. The minimum atomic E-state index is -1.30. The number of β-lactam (4-membered cyclic amide) rings is 1. The van der Waals surface area contributed by atoms with Gasteiger partial charge in [-0.1, -0.05) is 108 Å². The number of nitrogens with one attached hydrogen (secondary N) is 2. The SMILES string of the molecule is COc1ccc(COC(=O)C2=C(CCl)CS[C@@H]3[C@H](NC(=O)/C(=N\OCF)c4csc(NC(c5ccccc5)(c5ccccc5)c5ccccc5)n4)C(=O)N23)cc1. The molecule has 11 nitrogen and oxygen atoms in total. The maximum absolute atomic E-state index is 13.9. The highest BCUT2D eigenvalue weighted by Crippen LogP contribution is 2.42. The van der Waals surface area contributed by atoms with Crippen LogP contribution in [-0.2, 0) is 36.1 Å². The smallest absolute Gasteiger partial charge is 0.355 e. The first-order chi connectivity index (χ1) is 27.4. The molecule has 15 heteroatoms. The fourth-order valence-electron chi connectivity index (χ4n) is 6.60. The lowest BCUT2D eigenvalue weighted by Gasteiger charge is -2.49. The first-order valence-corrected chi connectivity index (χ1v) is 19.8. The van der Waals surface area contributed by atoms with Gasteiger partial charge >= 0.3 is 5.97 Å². The van der Waals surface area contributed by atoms with Crippen LogP contribution in [0.4, 0.5) is 9.52 Å². The zero-order chi connectivity index (χ0) is 39.1. The van der Waals surface area contributed by atoms with Gasteiger partial charge in [0.2, 0.25) is 0 Å². The molecule has 0 radical (unpaired) electrons.